The minimum atomic E-state index is -4.40. The van der Waals surface area contributed by atoms with Crippen LogP contribution in [0.4, 0.5) is 13.2 Å². The van der Waals surface area contributed by atoms with Crippen molar-refractivity contribution >= 4 is 41.3 Å². The van der Waals surface area contributed by atoms with Gasteiger partial charge in [-0.3, -0.25) is 4.99 Å². The fraction of sp³-hybridized carbons (Fsp3) is 0.625. The molecule has 1 aliphatic rings. The summed E-state index contributed by atoms with van der Waals surface area (Å²) in [5, 5.41) is 12.4. The molecule has 0 amide bonds. The molecule has 0 saturated carbocycles. The number of halogens is 4. The van der Waals surface area contributed by atoms with Gasteiger partial charge in [0.25, 0.3) is 0 Å². The van der Waals surface area contributed by atoms with E-state index in [1.807, 2.05) is 4.68 Å². The zero-order valence-corrected chi connectivity index (χ0v) is 19.1. The lowest BCUT2D eigenvalue weighted by atomic mass is 10.1. The van der Waals surface area contributed by atoms with Crippen molar-refractivity contribution in [3.05, 3.63) is 27.7 Å². The van der Waals surface area contributed by atoms with Crippen LogP contribution in [0.15, 0.2) is 10.4 Å². The average Bonchev–Trinajstić information content (AvgIpc) is 3.27. The summed E-state index contributed by atoms with van der Waals surface area (Å²) < 4.78 is 44.7. The Bertz CT molecular complexity index is 824. The summed E-state index contributed by atoms with van der Waals surface area (Å²) in [4.78, 5) is 12.3. The molecule has 2 aromatic rings. The van der Waals surface area contributed by atoms with Crippen LogP contribution in [-0.4, -0.2) is 52.5 Å². The van der Waals surface area contributed by atoms with Crippen molar-refractivity contribution < 1.29 is 17.9 Å². The number of aromatic nitrogens is 4. The maximum Gasteiger partial charge on any atom is 0.434 e. The van der Waals surface area contributed by atoms with Crippen LogP contribution in [0.3, 0.4) is 0 Å². The molecule has 0 aliphatic carbocycles. The molecule has 0 aromatic carbocycles. The van der Waals surface area contributed by atoms with Gasteiger partial charge < -0.3 is 15.4 Å². The van der Waals surface area contributed by atoms with Crippen molar-refractivity contribution in [2.75, 3.05) is 20.7 Å². The number of aryl methyl sites for hydroxylation is 1. The molecule has 29 heavy (non-hydrogen) atoms. The standard InChI is InChI=1S/C16H22F3N7OS.HI/c1-20-15(21-6-5-14-23-11(9-28-14)16(17,18)19)22-10-3-4-13-24-12(8-27-2)25-26(13)7-10;/h9-10H,3-8H2,1-2H3,(H2,20,21,22);1H. The Hall–Kier alpha value is -1.48. The number of ether oxygens (including phenoxy) is 1. The zero-order valence-electron chi connectivity index (χ0n) is 16.0. The summed E-state index contributed by atoms with van der Waals surface area (Å²) in [7, 11) is 3.26. The fourth-order valence-electron chi connectivity index (χ4n) is 2.90. The van der Waals surface area contributed by atoms with Crippen LogP contribution in [-0.2, 0) is 36.9 Å². The second kappa shape index (κ2) is 10.5. The first-order valence-corrected chi connectivity index (χ1v) is 9.67. The molecule has 162 valence electrons. The first-order valence-electron chi connectivity index (χ1n) is 8.79. The zero-order chi connectivity index (χ0) is 20.1. The molecule has 0 radical (unpaired) electrons. The van der Waals surface area contributed by atoms with Crippen molar-refractivity contribution in [1.29, 1.82) is 0 Å². The van der Waals surface area contributed by atoms with Crippen molar-refractivity contribution in [2.45, 2.75) is 44.6 Å². The summed E-state index contributed by atoms with van der Waals surface area (Å²) >= 11 is 1.01. The van der Waals surface area contributed by atoms with Gasteiger partial charge in [-0.15, -0.1) is 35.3 Å². The van der Waals surface area contributed by atoms with E-state index in [4.69, 9.17) is 4.74 Å². The highest BCUT2D eigenvalue weighted by Gasteiger charge is 2.33. The normalized spacial score (nSPS) is 16.9. The Morgan fingerprint density at radius 3 is 2.86 bits per heavy atom. The van der Waals surface area contributed by atoms with E-state index in [0.717, 1.165) is 35.4 Å². The van der Waals surface area contributed by atoms with E-state index in [1.165, 1.54) is 0 Å². The Morgan fingerprint density at radius 2 is 2.21 bits per heavy atom. The van der Waals surface area contributed by atoms with E-state index in [0.29, 0.717) is 42.9 Å². The Kier molecular flexibility index (Phi) is 8.63. The van der Waals surface area contributed by atoms with Gasteiger partial charge in [-0.25, -0.2) is 14.6 Å². The third kappa shape index (κ3) is 6.50. The summed E-state index contributed by atoms with van der Waals surface area (Å²) in [6, 6.07) is 0.132. The predicted molar refractivity (Wildman–Crippen MR) is 114 cm³/mol. The van der Waals surface area contributed by atoms with Crippen molar-refractivity contribution in [3.8, 4) is 0 Å². The number of methoxy groups -OCH3 is 1. The van der Waals surface area contributed by atoms with Crippen LogP contribution in [0.25, 0.3) is 0 Å². The van der Waals surface area contributed by atoms with Gasteiger partial charge in [-0.1, -0.05) is 0 Å². The smallest absolute Gasteiger partial charge is 0.377 e. The molecule has 0 bridgehead atoms. The van der Waals surface area contributed by atoms with Crippen LogP contribution in [0.5, 0.6) is 0 Å². The molecule has 1 atom stereocenters. The SMILES string of the molecule is CN=C(NCCc1nc(C(F)(F)F)cs1)NC1CCc2nc(COC)nn2C1.I. The third-order valence-electron chi connectivity index (χ3n) is 4.21. The molecule has 1 unspecified atom stereocenters. The summed E-state index contributed by atoms with van der Waals surface area (Å²) in [5.41, 5.74) is -0.839. The number of hydrogen-bond donors (Lipinski definition) is 2. The molecule has 1 aliphatic heterocycles. The molecular formula is C16H23F3IN7OS. The molecule has 8 nitrogen and oxygen atoms in total. The van der Waals surface area contributed by atoms with Crippen LogP contribution in [0.1, 0.15) is 28.8 Å². The molecule has 0 spiro atoms. The monoisotopic (exact) mass is 545 g/mol. The van der Waals surface area contributed by atoms with Crippen LogP contribution in [0, 0.1) is 0 Å². The van der Waals surface area contributed by atoms with Gasteiger partial charge >= 0.3 is 6.18 Å². The number of fused-ring (bicyclic) bond motifs is 1. The number of alkyl halides is 3. The number of rotatable bonds is 6. The maximum atomic E-state index is 12.6. The lowest BCUT2D eigenvalue weighted by Crippen LogP contribution is -2.47. The van der Waals surface area contributed by atoms with Gasteiger partial charge in [0.1, 0.15) is 12.4 Å². The lowest BCUT2D eigenvalue weighted by Gasteiger charge is -2.25. The Balaban J connectivity index is 0.00000300. The number of thiazole rings is 1. The molecule has 2 aromatic heterocycles. The molecule has 2 N–H and O–H groups in total. The quantitative estimate of drug-likeness (QED) is 0.329. The predicted octanol–water partition coefficient (Wildman–Crippen LogP) is 2.24. The van der Waals surface area contributed by atoms with E-state index in [2.05, 4.69) is 30.7 Å². The molecule has 3 heterocycles. The second-order valence-electron chi connectivity index (χ2n) is 6.31. The topological polar surface area (TPSA) is 89.2 Å². The van der Waals surface area contributed by atoms with Crippen molar-refractivity contribution in [3.63, 3.8) is 0 Å². The first kappa shape index (κ1) is 23.8. The highest BCUT2D eigenvalue weighted by Crippen LogP contribution is 2.30. The van der Waals surface area contributed by atoms with E-state index in [-0.39, 0.29) is 30.0 Å². The van der Waals surface area contributed by atoms with Crippen LogP contribution >= 0.6 is 35.3 Å². The summed E-state index contributed by atoms with van der Waals surface area (Å²) in [5.74, 6) is 2.21. The number of hydrogen-bond acceptors (Lipinski definition) is 6. The van der Waals surface area contributed by atoms with E-state index < -0.39 is 11.9 Å². The largest absolute Gasteiger partial charge is 0.434 e. The van der Waals surface area contributed by atoms with Gasteiger partial charge in [-0.05, 0) is 6.42 Å². The van der Waals surface area contributed by atoms with Crippen LogP contribution in [0.2, 0.25) is 0 Å². The average molecular weight is 545 g/mol. The summed E-state index contributed by atoms with van der Waals surface area (Å²) in [6.07, 6.45) is -2.33. The third-order valence-corrected chi connectivity index (χ3v) is 5.12. The molecule has 13 heteroatoms. The van der Waals surface area contributed by atoms with Crippen molar-refractivity contribution in [2.24, 2.45) is 4.99 Å². The lowest BCUT2D eigenvalue weighted by molar-refractivity contribution is -0.140. The van der Waals surface area contributed by atoms with Crippen LogP contribution < -0.4 is 10.6 Å². The molecular weight excluding hydrogens is 522 g/mol. The minimum Gasteiger partial charge on any atom is -0.377 e. The van der Waals surface area contributed by atoms with Gasteiger partial charge in [0.15, 0.2) is 17.5 Å². The highest BCUT2D eigenvalue weighted by molar-refractivity contribution is 14.0. The van der Waals surface area contributed by atoms with Crippen molar-refractivity contribution in [1.82, 2.24) is 30.4 Å². The highest BCUT2D eigenvalue weighted by atomic mass is 127. The Labute approximate surface area is 187 Å². The fourth-order valence-corrected chi connectivity index (χ4v) is 3.71. The molecule has 0 saturated heterocycles. The van der Waals surface area contributed by atoms with Gasteiger partial charge in [0, 0.05) is 45.0 Å². The number of nitrogens with zero attached hydrogens (tertiary/aromatic N) is 5. The van der Waals surface area contributed by atoms with Gasteiger partial charge in [-0.2, -0.15) is 18.3 Å². The second-order valence-corrected chi connectivity index (χ2v) is 7.26. The maximum absolute atomic E-state index is 12.6. The number of nitrogens with one attached hydrogen (secondary N) is 2. The Morgan fingerprint density at radius 1 is 1.41 bits per heavy atom. The first-order chi connectivity index (χ1) is 13.4. The number of guanidine groups is 1. The molecule has 0 fully saturated rings. The minimum absolute atomic E-state index is 0. The van der Waals surface area contributed by atoms with Gasteiger partial charge in [0.2, 0.25) is 0 Å². The van der Waals surface area contributed by atoms with E-state index >= 15 is 0 Å². The number of aliphatic imine (C=N–C) groups is 1. The van der Waals surface area contributed by atoms with E-state index in [1.54, 1.807) is 14.2 Å². The van der Waals surface area contributed by atoms with E-state index in [9.17, 15) is 13.2 Å². The molecule has 3 rings (SSSR count). The summed E-state index contributed by atoms with van der Waals surface area (Å²) in [6.45, 7) is 1.48. The van der Waals surface area contributed by atoms with Gasteiger partial charge in [0.05, 0.1) is 11.6 Å².